The summed E-state index contributed by atoms with van der Waals surface area (Å²) in [6.45, 7) is 9.37. The summed E-state index contributed by atoms with van der Waals surface area (Å²) in [6.07, 6.45) is 0. The fourth-order valence-corrected chi connectivity index (χ4v) is 4.05. The molecule has 0 saturated carbocycles. The second kappa shape index (κ2) is 9.67. The van der Waals surface area contributed by atoms with Crippen LogP contribution < -0.4 is 10.1 Å². The van der Waals surface area contributed by atoms with Crippen LogP contribution in [0.4, 0.5) is 0 Å². The van der Waals surface area contributed by atoms with Crippen LogP contribution >= 0.6 is 0 Å². The number of morpholine rings is 1. The molecule has 1 amide bonds. The highest BCUT2D eigenvalue weighted by atomic mass is 16.5. The number of methoxy groups -OCH3 is 1. The van der Waals surface area contributed by atoms with Gasteiger partial charge in [0.05, 0.1) is 43.0 Å². The molecule has 170 valence electrons. The summed E-state index contributed by atoms with van der Waals surface area (Å²) in [5, 5.41) is 7.84. The van der Waals surface area contributed by atoms with E-state index in [1.165, 1.54) is 0 Å². The Kier molecular flexibility index (Phi) is 6.72. The average Bonchev–Trinajstić information content (AvgIpc) is 3.20. The second-order valence-electron chi connectivity index (χ2n) is 8.34. The standard InChI is InChI=1S/C24H30N4O4/c1-15(2)20-13-19(22-16(3)27-32-24(22)26-20)23(29)25-14-21(28-9-11-31-12-10-28)17-5-7-18(30-4)8-6-17/h5-8,13,15,21H,9-12,14H2,1-4H3,(H,25,29). The van der Waals surface area contributed by atoms with Crippen LogP contribution in [0.3, 0.4) is 0 Å². The summed E-state index contributed by atoms with van der Waals surface area (Å²) in [5.41, 5.74) is 3.54. The van der Waals surface area contributed by atoms with Gasteiger partial charge in [0.15, 0.2) is 0 Å². The van der Waals surface area contributed by atoms with Gasteiger partial charge in [-0.2, -0.15) is 0 Å². The van der Waals surface area contributed by atoms with Crippen molar-refractivity contribution < 1.29 is 18.8 Å². The van der Waals surface area contributed by atoms with E-state index in [9.17, 15) is 4.79 Å². The maximum absolute atomic E-state index is 13.3. The predicted molar refractivity (Wildman–Crippen MR) is 121 cm³/mol. The molecule has 1 aliphatic rings. The summed E-state index contributed by atoms with van der Waals surface area (Å²) >= 11 is 0. The molecule has 1 aliphatic heterocycles. The van der Waals surface area contributed by atoms with Gasteiger partial charge in [-0.15, -0.1) is 0 Å². The van der Waals surface area contributed by atoms with Gasteiger partial charge in [-0.3, -0.25) is 9.69 Å². The van der Waals surface area contributed by atoms with Crippen LogP contribution in [0, 0.1) is 6.92 Å². The molecule has 8 heteroatoms. The summed E-state index contributed by atoms with van der Waals surface area (Å²) in [6, 6.07) is 9.88. The van der Waals surface area contributed by atoms with Crippen LogP contribution in [-0.4, -0.2) is 60.9 Å². The molecular formula is C24H30N4O4. The molecule has 0 spiro atoms. The van der Waals surface area contributed by atoms with Crippen LogP contribution in [0.25, 0.3) is 11.1 Å². The van der Waals surface area contributed by atoms with Gasteiger partial charge in [-0.1, -0.05) is 31.1 Å². The minimum Gasteiger partial charge on any atom is -0.497 e. The fourth-order valence-electron chi connectivity index (χ4n) is 4.05. The molecule has 3 aromatic rings. The fraction of sp³-hybridized carbons (Fsp3) is 0.458. The average molecular weight is 439 g/mol. The number of nitrogens with one attached hydrogen (secondary N) is 1. The number of ether oxygens (including phenoxy) is 2. The van der Waals surface area contributed by atoms with Crippen molar-refractivity contribution in [2.24, 2.45) is 0 Å². The number of pyridine rings is 1. The van der Waals surface area contributed by atoms with Gasteiger partial charge in [-0.05, 0) is 36.6 Å². The molecule has 0 aliphatic carbocycles. The molecule has 0 radical (unpaired) electrons. The van der Waals surface area contributed by atoms with Gasteiger partial charge in [-0.25, -0.2) is 4.98 Å². The lowest BCUT2D eigenvalue weighted by Gasteiger charge is -2.35. The minimum absolute atomic E-state index is 0.0271. The lowest BCUT2D eigenvalue weighted by Crippen LogP contribution is -2.43. The largest absolute Gasteiger partial charge is 0.497 e. The summed E-state index contributed by atoms with van der Waals surface area (Å²) in [4.78, 5) is 20.2. The Balaban J connectivity index is 1.60. The van der Waals surface area contributed by atoms with Gasteiger partial charge >= 0.3 is 0 Å². The van der Waals surface area contributed by atoms with Gasteiger partial charge in [0, 0.05) is 25.3 Å². The number of nitrogens with zero attached hydrogens (tertiary/aromatic N) is 3. The third-order valence-electron chi connectivity index (χ3n) is 5.92. The summed E-state index contributed by atoms with van der Waals surface area (Å²) in [5.74, 6) is 0.816. The molecule has 3 heterocycles. The monoisotopic (exact) mass is 438 g/mol. The highest BCUT2D eigenvalue weighted by Crippen LogP contribution is 2.27. The summed E-state index contributed by atoms with van der Waals surface area (Å²) < 4.78 is 16.2. The molecule has 8 nitrogen and oxygen atoms in total. The normalized spacial score (nSPS) is 15.8. The van der Waals surface area contributed by atoms with E-state index in [1.807, 2.05) is 39.0 Å². The van der Waals surface area contributed by atoms with Crippen molar-refractivity contribution in [1.82, 2.24) is 20.4 Å². The lowest BCUT2D eigenvalue weighted by molar-refractivity contribution is 0.0162. The van der Waals surface area contributed by atoms with E-state index in [2.05, 4.69) is 32.5 Å². The third kappa shape index (κ3) is 4.61. The Bertz CT molecular complexity index is 1070. The van der Waals surface area contributed by atoms with Crippen LogP contribution in [0.5, 0.6) is 5.75 Å². The first-order valence-electron chi connectivity index (χ1n) is 11.0. The molecule has 1 saturated heterocycles. The molecule has 1 atom stereocenters. The summed E-state index contributed by atoms with van der Waals surface area (Å²) in [7, 11) is 1.66. The zero-order chi connectivity index (χ0) is 22.7. The number of carbonyl (C=O) groups excluding carboxylic acids is 1. The van der Waals surface area contributed by atoms with Gasteiger partial charge < -0.3 is 19.3 Å². The van der Waals surface area contributed by atoms with Crippen molar-refractivity contribution in [2.45, 2.75) is 32.7 Å². The first kappa shape index (κ1) is 22.2. The highest BCUT2D eigenvalue weighted by Gasteiger charge is 2.25. The number of aryl methyl sites for hydroxylation is 1. The molecule has 32 heavy (non-hydrogen) atoms. The Labute approximate surface area is 187 Å². The van der Waals surface area contributed by atoms with Crippen molar-refractivity contribution in [1.29, 1.82) is 0 Å². The molecule has 0 bridgehead atoms. The Morgan fingerprint density at radius 3 is 2.59 bits per heavy atom. The number of hydrogen-bond acceptors (Lipinski definition) is 7. The zero-order valence-electron chi connectivity index (χ0n) is 19.1. The number of amides is 1. The van der Waals surface area contributed by atoms with Crippen molar-refractivity contribution in [2.75, 3.05) is 40.0 Å². The van der Waals surface area contributed by atoms with Crippen molar-refractivity contribution in [3.05, 3.63) is 52.8 Å². The maximum Gasteiger partial charge on any atom is 0.259 e. The molecule has 1 unspecified atom stereocenters. The molecule has 1 fully saturated rings. The van der Waals surface area contributed by atoms with Crippen LogP contribution in [-0.2, 0) is 4.74 Å². The quantitative estimate of drug-likeness (QED) is 0.604. The molecule has 4 rings (SSSR count). The maximum atomic E-state index is 13.3. The van der Waals surface area contributed by atoms with Crippen molar-refractivity contribution in [3.63, 3.8) is 0 Å². The number of fused-ring (bicyclic) bond motifs is 1. The number of rotatable bonds is 7. The zero-order valence-corrected chi connectivity index (χ0v) is 19.1. The Morgan fingerprint density at radius 2 is 1.94 bits per heavy atom. The van der Waals surface area contributed by atoms with E-state index >= 15 is 0 Å². The van der Waals surface area contributed by atoms with Crippen molar-refractivity contribution in [3.8, 4) is 5.75 Å². The van der Waals surface area contributed by atoms with E-state index in [1.54, 1.807) is 7.11 Å². The first-order chi connectivity index (χ1) is 15.5. The van der Waals surface area contributed by atoms with Crippen LogP contribution in [0.15, 0.2) is 34.9 Å². The SMILES string of the molecule is COc1ccc(C(CNC(=O)c2cc(C(C)C)nc3onc(C)c23)N2CCOCC2)cc1. The second-order valence-corrected chi connectivity index (χ2v) is 8.34. The van der Waals surface area contributed by atoms with Gasteiger partial charge in [0.1, 0.15) is 5.75 Å². The van der Waals surface area contributed by atoms with Crippen LogP contribution in [0.2, 0.25) is 0 Å². The number of benzene rings is 1. The first-order valence-corrected chi connectivity index (χ1v) is 11.0. The van der Waals surface area contributed by atoms with E-state index in [-0.39, 0.29) is 17.9 Å². The highest BCUT2D eigenvalue weighted by molar-refractivity contribution is 6.06. The Morgan fingerprint density at radius 1 is 1.22 bits per heavy atom. The molecular weight excluding hydrogens is 408 g/mol. The predicted octanol–water partition coefficient (Wildman–Crippen LogP) is 3.47. The van der Waals surface area contributed by atoms with E-state index in [0.29, 0.717) is 42.1 Å². The number of carbonyl (C=O) groups is 1. The van der Waals surface area contributed by atoms with Gasteiger partial charge in [0.2, 0.25) is 0 Å². The van der Waals surface area contributed by atoms with Gasteiger partial charge in [0.25, 0.3) is 11.6 Å². The molecule has 2 aromatic heterocycles. The van der Waals surface area contributed by atoms with Crippen molar-refractivity contribution >= 4 is 17.0 Å². The smallest absolute Gasteiger partial charge is 0.259 e. The molecule has 1 N–H and O–H groups in total. The Hall–Kier alpha value is -2.97. The molecule has 1 aromatic carbocycles. The number of aromatic nitrogens is 2. The van der Waals surface area contributed by atoms with E-state index in [4.69, 9.17) is 14.0 Å². The lowest BCUT2D eigenvalue weighted by atomic mass is 10.0. The van der Waals surface area contributed by atoms with E-state index < -0.39 is 0 Å². The number of hydrogen-bond donors (Lipinski definition) is 1. The van der Waals surface area contributed by atoms with Crippen LogP contribution in [0.1, 0.15) is 53.1 Å². The minimum atomic E-state index is -0.155. The topological polar surface area (TPSA) is 89.7 Å². The van der Waals surface area contributed by atoms with E-state index in [0.717, 1.165) is 30.1 Å². The third-order valence-corrected chi connectivity index (χ3v) is 5.92.